The van der Waals surface area contributed by atoms with E-state index >= 15 is 0 Å². The highest BCUT2D eigenvalue weighted by Crippen LogP contribution is 2.30. The Balaban J connectivity index is 2.09. The third kappa shape index (κ3) is 2.72. The molecule has 1 aliphatic carbocycles. The molecule has 1 aromatic rings. The van der Waals surface area contributed by atoms with Gasteiger partial charge in [-0.25, -0.2) is 4.98 Å². The summed E-state index contributed by atoms with van der Waals surface area (Å²) in [4.78, 5) is 14.5. The summed E-state index contributed by atoms with van der Waals surface area (Å²) in [6, 6.07) is 3.31. The minimum absolute atomic E-state index is 0.0531. The van der Waals surface area contributed by atoms with Gasteiger partial charge in [0, 0.05) is 18.3 Å². The van der Waals surface area contributed by atoms with Gasteiger partial charge in [-0.2, -0.15) is 0 Å². The third-order valence-corrected chi connectivity index (χ3v) is 3.45. The van der Waals surface area contributed by atoms with Gasteiger partial charge in [-0.1, -0.05) is 12.8 Å². The van der Waals surface area contributed by atoms with Crippen molar-refractivity contribution in [2.45, 2.75) is 38.6 Å². The average Bonchev–Trinajstić information content (AvgIpc) is 2.83. The van der Waals surface area contributed by atoms with Crippen LogP contribution >= 0.6 is 0 Å². The Morgan fingerprint density at radius 2 is 2.24 bits per heavy atom. The van der Waals surface area contributed by atoms with Crippen molar-refractivity contribution >= 4 is 11.5 Å². The molecule has 1 unspecified atom stereocenters. The lowest BCUT2D eigenvalue weighted by Gasteiger charge is -2.20. The third-order valence-electron chi connectivity index (χ3n) is 3.45. The molecule has 1 saturated carbocycles. The van der Waals surface area contributed by atoms with Crippen molar-refractivity contribution in [2.24, 2.45) is 5.92 Å². The van der Waals surface area contributed by atoms with Gasteiger partial charge in [-0.15, -0.1) is 0 Å². The highest BCUT2D eigenvalue weighted by atomic mass is 16.6. The van der Waals surface area contributed by atoms with E-state index in [2.05, 4.69) is 17.2 Å². The Bertz CT molecular complexity index is 402. The largest absolute Gasteiger partial charge is 0.362 e. The monoisotopic (exact) mass is 235 g/mol. The summed E-state index contributed by atoms with van der Waals surface area (Å²) >= 11 is 0. The normalized spacial score (nSPS) is 17.9. The van der Waals surface area contributed by atoms with Crippen molar-refractivity contribution in [3.63, 3.8) is 0 Å². The predicted octanol–water partition coefficient (Wildman–Crippen LogP) is 2.98. The van der Waals surface area contributed by atoms with E-state index in [0.29, 0.717) is 11.7 Å². The van der Waals surface area contributed by atoms with E-state index in [4.69, 9.17) is 0 Å². The fourth-order valence-corrected chi connectivity index (χ4v) is 2.45. The van der Waals surface area contributed by atoms with E-state index < -0.39 is 4.92 Å². The van der Waals surface area contributed by atoms with Gasteiger partial charge in [-0.05, 0) is 31.7 Å². The lowest BCUT2D eigenvalue weighted by Crippen LogP contribution is -2.24. The summed E-state index contributed by atoms with van der Waals surface area (Å²) in [6.07, 6.45) is 6.52. The molecule has 0 amide bonds. The minimum Gasteiger partial charge on any atom is -0.362 e. The molecular formula is C12H17N3O2. The first kappa shape index (κ1) is 11.8. The van der Waals surface area contributed by atoms with Crippen LogP contribution in [0, 0.1) is 16.0 Å². The fraction of sp³-hybridized carbons (Fsp3) is 0.583. The predicted molar refractivity (Wildman–Crippen MR) is 65.9 cm³/mol. The first-order valence-corrected chi connectivity index (χ1v) is 6.04. The van der Waals surface area contributed by atoms with Crippen LogP contribution in [0.4, 0.5) is 11.5 Å². The fourth-order valence-electron chi connectivity index (χ4n) is 2.45. The zero-order valence-corrected chi connectivity index (χ0v) is 9.93. The van der Waals surface area contributed by atoms with Crippen molar-refractivity contribution in [1.29, 1.82) is 0 Å². The number of anilines is 1. The molecule has 5 nitrogen and oxygen atoms in total. The Morgan fingerprint density at radius 1 is 1.53 bits per heavy atom. The van der Waals surface area contributed by atoms with Crippen LogP contribution in [0.5, 0.6) is 0 Å². The Morgan fingerprint density at radius 3 is 2.88 bits per heavy atom. The minimum atomic E-state index is -0.392. The molecule has 1 fully saturated rings. The van der Waals surface area contributed by atoms with Gasteiger partial charge < -0.3 is 5.32 Å². The van der Waals surface area contributed by atoms with Crippen LogP contribution in [-0.4, -0.2) is 15.9 Å². The highest BCUT2D eigenvalue weighted by Gasteiger charge is 2.24. The van der Waals surface area contributed by atoms with Crippen molar-refractivity contribution in [1.82, 2.24) is 4.98 Å². The maximum absolute atomic E-state index is 10.9. The van der Waals surface area contributed by atoms with Crippen LogP contribution in [0.1, 0.15) is 32.6 Å². The van der Waals surface area contributed by atoms with Crippen LogP contribution in [-0.2, 0) is 0 Å². The molecule has 1 N–H and O–H groups in total. The average molecular weight is 235 g/mol. The van der Waals surface area contributed by atoms with Crippen LogP contribution in [0.15, 0.2) is 18.3 Å². The number of nitrogens with one attached hydrogen (secondary N) is 1. The molecule has 1 atom stereocenters. The number of hydrogen-bond acceptors (Lipinski definition) is 4. The van der Waals surface area contributed by atoms with Gasteiger partial charge in [0.05, 0.1) is 4.92 Å². The van der Waals surface area contributed by atoms with Gasteiger partial charge in [0.15, 0.2) is 0 Å². The molecule has 5 heteroatoms. The SMILES string of the molecule is CC(Nc1ncccc1[N+](=O)[O-])C1CCCC1. The topological polar surface area (TPSA) is 68.1 Å². The number of aromatic nitrogens is 1. The number of hydrogen-bond donors (Lipinski definition) is 1. The van der Waals surface area contributed by atoms with E-state index in [-0.39, 0.29) is 11.7 Å². The summed E-state index contributed by atoms with van der Waals surface area (Å²) in [5, 5.41) is 14.0. The summed E-state index contributed by atoms with van der Waals surface area (Å²) in [6.45, 7) is 2.08. The van der Waals surface area contributed by atoms with Gasteiger partial charge in [0.2, 0.25) is 5.82 Å². The molecule has 0 aliphatic heterocycles. The smallest absolute Gasteiger partial charge is 0.311 e. The van der Waals surface area contributed by atoms with Gasteiger partial charge >= 0.3 is 5.69 Å². The molecule has 17 heavy (non-hydrogen) atoms. The van der Waals surface area contributed by atoms with E-state index in [1.807, 2.05) is 0 Å². The van der Waals surface area contributed by atoms with E-state index in [9.17, 15) is 10.1 Å². The maximum atomic E-state index is 10.9. The molecule has 1 aromatic heterocycles. The summed E-state index contributed by atoms with van der Waals surface area (Å²) in [5.74, 6) is 0.994. The highest BCUT2D eigenvalue weighted by molar-refractivity contribution is 5.55. The first-order chi connectivity index (χ1) is 8.18. The van der Waals surface area contributed by atoms with Crippen molar-refractivity contribution in [3.8, 4) is 0 Å². The Labute approximate surface area is 100 Å². The lowest BCUT2D eigenvalue weighted by molar-refractivity contribution is -0.384. The Hall–Kier alpha value is -1.65. The molecule has 1 aliphatic rings. The van der Waals surface area contributed by atoms with Crippen LogP contribution < -0.4 is 5.32 Å². The maximum Gasteiger partial charge on any atom is 0.311 e. The standard InChI is InChI=1S/C12H17N3O2/c1-9(10-5-2-3-6-10)14-12-11(15(16)17)7-4-8-13-12/h4,7-10H,2-3,5-6H2,1H3,(H,13,14). The lowest BCUT2D eigenvalue weighted by atomic mass is 10.00. The van der Waals surface area contributed by atoms with Gasteiger partial charge in [0.25, 0.3) is 0 Å². The molecule has 2 rings (SSSR count). The zero-order valence-electron chi connectivity index (χ0n) is 9.93. The Kier molecular flexibility index (Phi) is 3.56. The van der Waals surface area contributed by atoms with Crippen LogP contribution in [0.3, 0.4) is 0 Å². The molecule has 0 saturated heterocycles. The second kappa shape index (κ2) is 5.12. The van der Waals surface area contributed by atoms with Crippen LogP contribution in [0.25, 0.3) is 0 Å². The number of rotatable bonds is 4. The molecule has 0 spiro atoms. The molecular weight excluding hydrogens is 218 g/mol. The number of nitro groups is 1. The summed E-state index contributed by atoms with van der Waals surface area (Å²) in [7, 11) is 0. The number of nitrogens with zero attached hydrogens (tertiary/aromatic N) is 2. The molecule has 0 radical (unpaired) electrons. The van der Waals surface area contributed by atoms with Gasteiger partial charge in [0.1, 0.15) is 0 Å². The zero-order chi connectivity index (χ0) is 12.3. The number of pyridine rings is 1. The first-order valence-electron chi connectivity index (χ1n) is 6.04. The molecule has 92 valence electrons. The van der Waals surface area contributed by atoms with Crippen molar-refractivity contribution in [3.05, 3.63) is 28.4 Å². The second-order valence-electron chi connectivity index (χ2n) is 4.61. The van der Waals surface area contributed by atoms with E-state index in [0.717, 1.165) is 0 Å². The van der Waals surface area contributed by atoms with E-state index in [1.165, 1.54) is 31.7 Å². The molecule has 0 aromatic carbocycles. The molecule has 0 bridgehead atoms. The summed E-state index contributed by atoms with van der Waals surface area (Å²) in [5.41, 5.74) is 0.0531. The second-order valence-corrected chi connectivity index (χ2v) is 4.61. The summed E-state index contributed by atoms with van der Waals surface area (Å²) < 4.78 is 0. The molecule has 1 heterocycles. The van der Waals surface area contributed by atoms with E-state index in [1.54, 1.807) is 12.3 Å². The quantitative estimate of drug-likeness (QED) is 0.643. The van der Waals surface area contributed by atoms with Crippen molar-refractivity contribution in [2.75, 3.05) is 5.32 Å². The van der Waals surface area contributed by atoms with Crippen LogP contribution in [0.2, 0.25) is 0 Å². The van der Waals surface area contributed by atoms with Crippen molar-refractivity contribution < 1.29 is 4.92 Å². The van der Waals surface area contributed by atoms with Gasteiger partial charge in [-0.3, -0.25) is 10.1 Å².